The van der Waals surface area contributed by atoms with E-state index in [4.69, 9.17) is 4.74 Å². The third kappa shape index (κ3) is 2.15. The molecule has 70 valence electrons. The molecule has 0 N–H and O–H groups in total. The molecule has 1 fully saturated rings. The van der Waals surface area contributed by atoms with Crippen molar-refractivity contribution in [3.8, 4) is 5.75 Å². The van der Waals surface area contributed by atoms with Crippen LogP contribution in [0.3, 0.4) is 0 Å². The Morgan fingerprint density at radius 3 is 2.85 bits per heavy atom. The molecule has 1 aliphatic rings. The van der Waals surface area contributed by atoms with E-state index >= 15 is 0 Å². The van der Waals surface area contributed by atoms with Crippen molar-refractivity contribution in [2.24, 2.45) is 0 Å². The number of hydrogen-bond acceptors (Lipinski definition) is 2. The molecule has 1 heterocycles. The van der Waals surface area contributed by atoms with Gasteiger partial charge in [-0.25, -0.2) is 0 Å². The quantitative estimate of drug-likeness (QED) is 0.676. The van der Waals surface area contributed by atoms with Gasteiger partial charge in [-0.3, -0.25) is 0 Å². The molecule has 1 saturated heterocycles. The highest BCUT2D eigenvalue weighted by atomic mass is 19.3. The second-order valence-electron chi connectivity index (χ2n) is 2.77. The van der Waals surface area contributed by atoms with Gasteiger partial charge < -0.3 is 9.47 Å². The van der Waals surface area contributed by atoms with E-state index in [-0.39, 0.29) is 11.9 Å². The lowest BCUT2D eigenvalue weighted by molar-refractivity contribution is -0.0499. The Morgan fingerprint density at radius 1 is 1.46 bits per heavy atom. The van der Waals surface area contributed by atoms with Gasteiger partial charge in [0, 0.05) is 0 Å². The molecule has 4 heteroatoms. The highest BCUT2D eigenvalue weighted by Gasteiger charge is 2.24. The fraction of sp³-hybridized carbons (Fsp3) is 0.333. The molecule has 13 heavy (non-hydrogen) atoms. The minimum atomic E-state index is -2.77. The highest BCUT2D eigenvalue weighted by molar-refractivity contribution is 5.31. The number of ether oxygens (including phenoxy) is 2. The van der Waals surface area contributed by atoms with E-state index in [0.29, 0.717) is 6.61 Å². The minimum absolute atomic E-state index is 0.0706. The Morgan fingerprint density at radius 2 is 2.23 bits per heavy atom. The minimum Gasteiger partial charge on any atom is -0.435 e. The van der Waals surface area contributed by atoms with E-state index in [1.807, 2.05) is 6.07 Å². The Kier molecular flexibility index (Phi) is 2.14. The molecule has 0 saturated carbocycles. The third-order valence-corrected chi connectivity index (χ3v) is 1.79. The average Bonchev–Trinajstić information content (AvgIpc) is 2.85. The number of benzene rings is 1. The normalized spacial score (nSPS) is 20.4. The van der Waals surface area contributed by atoms with Crippen molar-refractivity contribution in [3.05, 3.63) is 29.8 Å². The van der Waals surface area contributed by atoms with Crippen molar-refractivity contribution >= 4 is 0 Å². The highest BCUT2D eigenvalue weighted by Crippen LogP contribution is 2.31. The van der Waals surface area contributed by atoms with Gasteiger partial charge in [0.25, 0.3) is 0 Å². The van der Waals surface area contributed by atoms with E-state index in [0.717, 1.165) is 5.56 Å². The van der Waals surface area contributed by atoms with Gasteiger partial charge in [0.1, 0.15) is 11.9 Å². The topological polar surface area (TPSA) is 21.8 Å². The summed E-state index contributed by atoms with van der Waals surface area (Å²) >= 11 is 0. The maximum absolute atomic E-state index is 11.8. The van der Waals surface area contributed by atoms with Gasteiger partial charge in [0.15, 0.2) is 0 Å². The number of alkyl halides is 2. The third-order valence-electron chi connectivity index (χ3n) is 1.79. The predicted molar refractivity (Wildman–Crippen MR) is 41.8 cm³/mol. The number of epoxide rings is 1. The van der Waals surface area contributed by atoms with Crippen LogP contribution in [0.25, 0.3) is 0 Å². The largest absolute Gasteiger partial charge is 0.435 e. The molecule has 0 aliphatic carbocycles. The van der Waals surface area contributed by atoms with Crippen molar-refractivity contribution in [2.45, 2.75) is 12.7 Å². The van der Waals surface area contributed by atoms with E-state index in [1.54, 1.807) is 12.1 Å². The van der Waals surface area contributed by atoms with Crippen LogP contribution in [0.4, 0.5) is 8.78 Å². The molecule has 1 aromatic carbocycles. The summed E-state index contributed by atoms with van der Waals surface area (Å²) in [7, 11) is 0. The van der Waals surface area contributed by atoms with Crippen LogP contribution in [0.1, 0.15) is 11.7 Å². The molecule has 0 spiro atoms. The van der Waals surface area contributed by atoms with Gasteiger partial charge in [-0.1, -0.05) is 12.1 Å². The molecule has 0 aromatic heterocycles. The monoisotopic (exact) mass is 186 g/mol. The Balaban J connectivity index is 2.12. The van der Waals surface area contributed by atoms with Crippen molar-refractivity contribution in [2.75, 3.05) is 6.61 Å². The molecular weight excluding hydrogens is 178 g/mol. The van der Waals surface area contributed by atoms with Crippen molar-refractivity contribution in [1.29, 1.82) is 0 Å². The Bertz CT molecular complexity index is 297. The van der Waals surface area contributed by atoms with Crippen LogP contribution in [-0.2, 0) is 4.74 Å². The summed E-state index contributed by atoms with van der Waals surface area (Å²) in [5.74, 6) is 0.183. The smallest absolute Gasteiger partial charge is 0.387 e. The molecule has 2 rings (SSSR count). The van der Waals surface area contributed by atoms with E-state index in [9.17, 15) is 8.78 Å². The van der Waals surface area contributed by atoms with Crippen molar-refractivity contribution < 1.29 is 18.3 Å². The van der Waals surface area contributed by atoms with E-state index in [2.05, 4.69) is 4.74 Å². The van der Waals surface area contributed by atoms with Crippen LogP contribution in [0.5, 0.6) is 5.75 Å². The summed E-state index contributed by atoms with van der Waals surface area (Å²) in [6.45, 7) is -2.10. The van der Waals surface area contributed by atoms with Gasteiger partial charge in [-0.15, -0.1) is 0 Å². The molecular formula is C9H8F2O2. The standard InChI is InChI=1S/C9H8F2O2/c10-9(11)13-7-3-1-2-6(4-7)8-5-12-8/h1-4,8-9H,5H2/t8-/m0/s1. The van der Waals surface area contributed by atoms with Crippen LogP contribution in [0.15, 0.2) is 24.3 Å². The molecule has 0 radical (unpaired) electrons. The Labute approximate surface area is 74.1 Å². The van der Waals surface area contributed by atoms with Crippen LogP contribution >= 0.6 is 0 Å². The first kappa shape index (κ1) is 8.44. The fourth-order valence-electron chi connectivity index (χ4n) is 1.13. The zero-order valence-electron chi connectivity index (χ0n) is 6.74. The summed E-state index contributed by atoms with van der Waals surface area (Å²) in [5, 5.41) is 0. The molecule has 0 bridgehead atoms. The van der Waals surface area contributed by atoms with Gasteiger partial charge in [-0.05, 0) is 17.7 Å². The summed E-state index contributed by atoms with van der Waals surface area (Å²) in [4.78, 5) is 0. The summed E-state index contributed by atoms with van der Waals surface area (Å²) in [6.07, 6.45) is 0.0706. The molecule has 1 atom stereocenters. The molecule has 1 aromatic rings. The maximum Gasteiger partial charge on any atom is 0.387 e. The molecule has 0 amide bonds. The lowest BCUT2D eigenvalue weighted by atomic mass is 10.1. The van der Waals surface area contributed by atoms with Gasteiger partial charge >= 0.3 is 6.61 Å². The van der Waals surface area contributed by atoms with Crippen LogP contribution in [0, 0.1) is 0 Å². The van der Waals surface area contributed by atoms with Crippen LogP contribution in [-0.4, -0.2) is 13.2 Å². The average molecular weight is 186 g/mol. The zero-order valence-corrected chi connectivity index (χ0v) is 6.74. The number of rotatable bonds is 3. The van der Waals surface area contributed by atoms with Gasteiger partial charge in [0.05, 0.1) is 6.61 Å². The summed E-state index contributed by atoms with van der Waals surface area (Å²) in [6, 6.07) is 6.58. The van der Waals surface area contributed by atoms with Crippen LogP contribution < -0.4 is 4.74 Å². The first-order valence-corrected chi connectivity index (χ1v) is 3.92. The van der Waals surface area contributed by atoms with Crippen LogP contribution in [0.2, 0.25) is 0 Å². The van der Waals surface area contributed by atoms with Crippen molar-refractivity contribution in [3.63, 3.8) is 0 Å². The SMILES string of the molecule is FC(F)Oc1cccc([C@@H]2CO2)c1. The molecule has 0 unspecified atom stereocenters. The van der Waals surface area contributed by atoms with E-state index in [1.165, 1.54) is 6.07 Å². The van der Waals surface area contributed by atoms with Gasteiger partial charge in [-0.2, -0.15) is 8.78 Å². The lowest BCUT2D eigenvalue weighted by Gasteiger charge is -2.04. The molecule has 2 nitrogen and oxygen atoms in total. The van der Waals surface area contributed by atoms with Crippen molar-refractivity contribution in [1.82, 2.24) is 0 Å². The lowest BCUT2D eigenvalue weighted by Crippen LogP contribution is -2.01. The number of halogens is 2. The summed E-state index contributed by atoms with van der Waals surface area (Å²) < 4.78 is 32.9. The van der Waals surface area contributed by atoms with E-state index < -0.39 is 6.61 Å². The first-order valence-electron chi connectivity index (χ1n) is 3.92. The second-order valence-corrected chi connectivity index (χ2v) is 2.77. The van der Waals surface area contributed by atoms with Gasteiger partial charge in [0.2, 0.25) is 0 Å². The fourth-order valence-corrected chi connectivity index (χ4v) is 1.13. The Hall–Kier alpha value is -1.16. The second kappa shape index (κ2) is 3.30. The molecule has 1 aliphatic heterocycles. The number of hydrogen-bond donors (Lipinski definition) is 0. The zero-order chi connectivity index (χ0) is 9.26. The predicted octanol–water partition coefficient (Wildman–Crippen LogP) is 2.36. The maximum atomic E-state index is 11.8. The first-order chi connectivity index (χ1) is 6.25. The summed E-state index contributed by atoms with van der Waals surface area (Å²) in [5.41, 5.74) is 0.887.